The molecule has 0 aliphatic heterocycles. The highest BCUT2D eigenvalue weighted by Gasteiger charge is 2.27. The van der Waals surface area contributed by atoms with Crippen molar-refractivity contribution in [2.45, 2.75) is 20.3 Å². The Labute approximate surface area is 195 Å². The van der Waals surface area contributed by atoms with Crippen LogP contribution in [0.1, 0.15) is 38.4 Å². The lowest BCUT2D eigenvalue weighted by atomic mass is 10.1. The second-order valence-electron chi connectivity index (χ2n) is 7.26. The van der Waals surface area contributed by atoms with Gasteiger partial charge in [0.15, 0.2) is 10.8 Å². The molecule has 0 fully saturated rings. The molecule has 0 spiro atoms. The van der Waals surface area contributed by atoms with Crippen LogP contribution in [0.25, 0.3) is 11.3 Å². The molecule has 0 aliphatic carbocycles. The van der Waals surface area contributed by atoms with Crippen LogP contribution in [0.3, 0.4) is 0 Å². The fourth-order valence-electron chi connectivity index (χ4n) is 3.31. The lowest BCUT2D eigenvalue weighted by Gasteiger charge is -2.18. The molecule has 33 heavy (non-hydrogen) atoms. The van der Waals surface area contributed by atoms with E-state index in [1.807, 2.05) is 60.7 Å². The van der Waals surface area contributed by atoms with Crippen LogP contribution >= 0.6 is 11.3 Å². The number of hydrogen-bond donors (Lipinski definition) is 0. The number of amides is 1. The number of esters is 1. The quantitative estimate of drug-likeness (QED) is 0.337. The van der Waals surface area contributed by atoms with Gasteiger partial charge in [-0.05, 0) is 25.8 Å². The number of ether oxygens (including phenoxy) is 1. The van der Waals surface area contributed by atoms with Crippen molar-refractivity contribution in [1.29, 1.82) is 0 Å². The zero-order valence-corrected chi connectivity index (χ0v) is 19.2. The zero-order chi connectivity index (χ0) is 23.2. The molecule has 1 amide bonds. The van der Waals surface area contributed by atoms with E-state index in [-0.39, 0.29) is 24.0 Å². The Kier molecular flexibility index (Phi) is 6.95. The summed E-state index contributed by atoms with van der Waals surface area (Å²) >= 11 is 1.27. The van der Waals surface area contributed by atoms with Crippen LogP contribution < -0.4 is 4.90 Å². The summed E-state index contributed by atoms with van der Waals surface area (Å²) in [6, 6.07) is 21.0. The van der Waals surface area contributed by atoms with E-state index in [0.717, 1.165) is 11.1 Å². The number of nitrogens with zero attached hydrogens (tertiary/aromatic N) is 3. The van der Waals surface area contributed by atoms with Gasteiger partial charge in [0.25, 0.3) is 5.91 Å². The molecule has 4 aromatic rings. The number of aryl methyl sites for hydroxylation is 1. The third-order valence-corrected chi connectivity index (χ3v) is 5.98. The number of aromatic nitrogens is 2. The van der Waals surface area contributed by atoms with Crippen molar-refractivity contribution in [1.82, 2.24) is 10.1 Å². The Morgan fingerprint density at radius 1 is 1.06 bits per heavy atom. The molecule has 0 aliphatic rings. The van der Waals surface area contributed by atoms with Crippen LogP contribution in [0.2, 0.25) is 0 Å². The molecule has 0 saturated carbocycles. The summed E-state index contributed by atoms with van der Waals surface area (Å²) in [5, 5.41) is 4.47. The molecule has 2 heterocycles. The lowest BCUT2D eigenvalue weighted by Crippen LogP contribution is -2.32. The Morgan fingerprint density at radius 2 is 1.76 bits per heavy atom. The van der Waals surface area contributed by atoms with Crippen LogP contribution in [-0.4, -0.2) is 35.2 Å². The third-order valence-electron chi connectivity index (χ3n) is 4.99. The van der Waals surface area contributed by atoms with Crippen LogP contribution in [0.4, 0.5) is 5.13 Å². The zero-order valence-electron chi connectivity index (χ0n) is 18.4. The van der Waals surface area contributed by atoms with Crippen molar-refractivity contribution in [3.63, 3.8) is 0 Å². The molecule has 2 aromatic heterocycles. The van der Waals surface area contributed by atoms with Crippen LogP contribution in [-0.2, 0) is 11.2 Å². The molecule has 4 rings (SSSR count). The van der Waals surface area contributed by atoms with Gasteiger partial charge in [-0.1, -0.05) is 65.8 Å². The molecule has 0 saturated heterocycles. The minimum Gasteiger partial charge on any atom is -0.461 e. The molecule has 168 valence electrons. The third kappa shape index (κ3) is 5.18. The van der Waals surface area contributed by atoms with Gasteiger partial charge < -0.3 is 9.26 Å². The highest BCUT2D eigenvalue weighted by molar-refractivity contribution is 7.16. The molecule has 0 N–H and O–H groups in total. The molecule has 0 radical (unpaired) electrons. The topological polar surface area (TPSA) is 85.5 Å². The second kappa shape index (κ2) is 10.2. The highest BCUT2D eigenvalue weighted by Crippen LogP contribution is 2.29. The van der Waals surface area contributed by atoms with Gasteiger partial charge in [-0.3, -0.25) is 9.69 Å². The van der Waals surface area contributed by atoms with Gasteiger partial charge in [0, 0.05) is 23.1 Å². The smallest absolute Gasteiger partial charge is 0.358 e. The van der Waals surface area contributed by atoms with E-state index in [0.29, 0.717) is 28.7 Å². The van der Waals surface area contributed by atoms with E-state index in [4.69, 9.17) is 9.26 Å². The number of carbonyl (C=O) groups excluding carboxylic acids is 2. The Balaban J connectivity index is 1.64. The van der Waals surface area contributed by atoms with Gasteiger partial charge in [0.1, 0.15) is 5.69 Å². The number of rotatable bonds is 8. The van der Waals surface area contributed by atoms with Crippen molar-refractivity contribution in [3.8, 4) is 11.3 Å². The van der Waals surface area contributed by atoms with E-state index in [1.165, 1.54) is 16.2 Å². The van der Waals surface area contributed by atoms with E-state index >= 15 is 0 Å². The summed E-state index contributed by atoms with van der Waals surface area (Å²) in [6.07, 6.45) is 0.611. The summed E-state index contributed by atoms with van der Waals surface area (Å²) < 4.78 is 10.5. The SMILES string of the molecule is CCOC(=O)c1nc(N(CCc2ccccc2)C(=O)c2cc(-c3ccccc3)no2)sc1C. The fourth-order valence-corrected chi connectivity index (χ4v) is 4.23. The maximum atomic E-state index is 13.5. The predicted molar refractivity (Wildman–Crippen MR) is 127 cm³/mol. The summed E-state index contributed by atoms with van der Waals surface area (Å²) in [6.45, 7) is 4.14. The fraction of sp³-hybridized carbons (Fsp3) is 0.200. The normalized spacial score (nSPS) is 10.7. The van der Waals surface area contributed by atoms with Crippen molar-refractivity contribution < 1.29 is 18.8 Å². The summed E-state index contributed by atoms with van der Waals surface area (Å²) in [5.41, 5.74) is 2.73. The monoisotopic (exact) mass is 461 g/mol. The molecule has 0 bridgehead atoms. The van der Waals surface area contributed by atoms with Crippen molar-refractivity contribution in [2.24, 2.45) is 0 Å². The average molecular weight is 462 g/mol. The Hall–Kier alpha value is -3.78. The van der Waals surface area contributed by atoms with Gasteiger partial charge in [0.2, 0.25) is 5.76 Å². The summed E-state index contributed by atoms with van der Waals surface area (Å²) in [4.78, 5) is 32.4. The first kappa shape index (κ1) is 22.4. The van der Waals surface area contributed by atoms with Crippen molar-refractivity contribution in [3.05, 3.63) is 88.6 Å². The Bertz CT molecular complexity index is 1240. The first-order valence-electron chi connectivity index (χ1n) is 10.6. The largest absolute Gasteiger partial charge is 0.461 e. The molecule has 0 unspecified atom stereocenters. The van der Waals surface area contributed by atoms with Gasteiger partial charge in [-0.15, -0.1) is 11.3 Å². The molecular formula is C25H23N3O4S. The highest BCUT2D eigenvalue weighted by atomic mass is 32.1. The number of thiazole rings is 1. The van der Waals surface area contributed by atoms with E-state index in [1.54, 1.807) is 19.9 Å². The first-order chi connectivity index (χ1) is 16.1. The number of hydrogen-bond acceptors (Lipinski definition) is 7. The van der Waals surface area contributed by atoms with Crippen LogP contribution in [0.15, 0.2) is 71.3 Å². The molecule has 7 nitrogen and oxygen atoms in total. The average Bonchev–Trinajstić information content (AvgIpc) is 3.48. The predicted octanol–water partition coefficient (Wildman–Crippen LogP) is 5.17. The van der Waals surface area contributed by atoms with Crippen molar-refractivity contribution >= 4 is 28.3 Å². The summed E-state index contributed by atoms with van der Waals surface area (Å²) in [5.74, 6) is -0.767. The molecule has 0 atom stereocenters. The van der Waals surface area contributed by atoms with E-state index < -0.39 is 5.97 Å². The van der Waals surface area contributed by atoms with Gasteiger partial charge in [0.05, 0.1) is 6.61 Å². The maximum Gasteiger partial charge on any atom is 0.358 e. The first-order valence-corrected chi connectivity index (χ1v) is 11.4. The number of benzene rings is 2. The Morgan fingerprint density at radius 3 is 2.45 bits per heavy atom. The minimum atomic E-state index is -0.501. The van der Waals surface area contributed by atoms with Crippen LogP contribution in [0, 0.1) is 6.92 Å². The number of carbonyl (C=O) groups is 2. The van der Waals surface area contributed by atoms with Crippen LogP contribution in [0.5, 0.6) is 0 Å². The minimum absolute atomic E-state index is 0.104. The molecule has 8 heteroatoms. The number of anilines is 1. The standard InChI is InChI=1S/C25H23N3O4S/c1-3-31-24(30)22-17(2)33-25(26-22)28(15-14-18-10-6-4-7-11-18)23(29)21-16-20(27-32-21)19-12-8-5-9-13-19/h4-13,16H,3,14-15H2,1-2H3. The maximum absolute atomic E-state index is 13.5. The van der Waals surface area contributed by atoms with Gasteiger partial charge >= 0.3 is 5.97 Å². The van der Waals surface area contributed by atoms with E-state index in [2.05, 4.69) is 10.1 Å². The lowest BCUT2D eigenvalue weighted by molar-refractivity contribution is 0.0519. The van der Waals surface area contributed by atoms with E-state index in [9.17, 15) is 9.59 Å². The molecule has 2 aromatic carbocycles. The van der Waals surface area contributed by atoms with Gasteiger partial charge in [-0.2, -0.15) is 0 Å². The second-order valence-corrected chi connectivity index (χ2v) is 8.44. The summed E-state index contributed by atoms with van der Waals surface area (Å²) in [7, 11) is 0. The van der Waals surface area contributed by atoms with Crippen molar-refractivity contribution in [2.75, 3.05) is 18.1 Å². The molecular weight excluding hydrogens is 438 g/mol. The van der Waals surface area contributed by atoms with Gasteiger partial charge in [-0.25, -0.2) is 9.78 Å².